The topological polar surface area (TPSA) is 49.7 Å². The summed E-state index contributed by atoms with van der Waals surface area (Å²) in [6.45, 7) is 13.6. The molecular weight excluding hydrogens is 531 g/mol. The number of rotatable bonds is 11. The summed E-state index contributed by atoms with van der Waals surface area (Å²) < 4.78 is 59.1. The Kier molecular flexibility index (Phi) is 9.10. The zero-order chi connectivity index (χ0) is 29.9. The molecule has 1 saturated carbocycles. The smallest absolute Gasteiger partial charge is 0.490 e. The van der Waals surface area contributed by atoms with Crippen LogP contribution in [0.4, 0.5) is 13.2 Å². The van der Waals surface area contributed by atoms with E-state index >= 15 is 0 Å². The van der Waals surface area contributed by atoms with E-state index in [-0.39, 0.29) is 24.0 Å². The fourth-order valence-electron chi connectivity index (χ4n) is 5.79. The maximum absolute atomic E-state index is 13.5. The zero-order valence-electron chi connectivity index (χ0n) is 24.5. The fraction of sp³-hybridized carbons (Fsp3) is 0.485. The van der Waals surface area contributed by atoms with Crippen LogP contribution < -0.4 is 9.47 Å². The number of nitrogens with zero attached hydrogens (tertiary/aromatic N) is 1. The molecule has 0 aliphatic heterocycles. The van der Waals surface area contributed by atoms with Crippen LogP contribution >= 0.6 is 0 Å². The van der Waals surface area contributed by atoms with Crippen LogP contribution in [0.25, 0.3) is 22.2 Å². The van der Waals surface area contributed by atoms with E-state index in [1.54, 1.807) is 6.07 Å². The van der Waals surface area contributed by atoms with Crippen molar-refractivity contribution in [3.8, 4) is 22.8 Å². The number of alkyl halides is 3. The lowest BCUT2D eigenvalue weighted by atomic mass is 9.87. The number of esters is 1. The van der Waals surface area contributed by atoms with E-state index in [2.05, 4.69) is 18.2 Å². The van der Waals surface area contributed by atoms with Crippen molar-refractivity contribution < 1.29 is 32.2 Å². The summed E-state index contributed by atoms with van der Waals surface area (Å²) >= 11 is 0. The molecule has 5 nitrogen and oxygen atoms in total. The first-order valence-electron chi connectivity index (χ1n) is 14.4. The quantitative estimate of drug-likeness (QED) is 0.131. The third-order valence-corrected chi connectivity index (χ3v) is 8.00. The molecule has 1 heterocycles. The molecule has 0 radical (unpaired) electrons. The molecule has 2 unspecified atom stereocenters. The Morgan fingerprint density at radius 3 is 2.49 bits per heavy atom. The summed E-state index contributed by atoms with van der Waals surface area (Å²) in [6.07, 6.45) is 0.947. The first-order valence-corrected chi connectivity index (χ1v) is 14.4. The SMILES string of the molecule is C=CC(=O)OC1CCC(Oc2ccc3cc(-c4ccc(CCCCC)cc4OC(F)(F)F)n(C(C)C)c3c2)C1(C)C. The Morgan fingerprint density at radius 2 is 1.83 bits per heavy atom. The molecule has 0 bridgehead atoms. The van der Waals surface area contributed by atoms with Crippen molar-refractivity contribution in [3.05, 3.63) is 60.7 Å². The van der Waals surface area contributed by atoms with Crippen LogP contribution in [-0.2, 0) is 16.0 Å². The molecule has 222 valence electrons. The number of fused-ring (bicyclic) bond motifs is 1. The lowest BCUT2D eigenvalue weighted by Crippen LogP contribution is -2.38. The number of carbonyl (C=O) groups excluding carboxylic acids is 1. The van der Waals surface area contributed by atoms with Crippen molar-refractivity contribution in [2.75, 3.05) is 0 Å². The number of ether oxygens (including phenoxy) is 3. The maximum Gasteiger partial charge on any atom is 0.573 e. The highest BCUT2D eigenvalue weighted by Gasteiger charge is 2.47. The minimum atomic E-state index is -4.81. The molecule has 1 fully saturated rings. The van der Waals surface area contributed by atoms with Crippen molar-refractivity contribution in [1.82, 2.24) is 4.57 Å². The number of unbranched alkanes of at least 4 members (excludes halogenated alkanes) is 2. The summed E-state index contributed by atoms with van der Waals surface area (Å²) in [5.74, 6) is 0.00616. The second-order valence-electron chi connectivity index (χ2n) is 11.7. The van der Waals surface area contributed by atoms with E-state index in [9.17, 15) is 18.0 Å². The van der Waals surface area contributed by atoms with Crippen LogP contribution in [0.1, 0.15) is 78.3 Å². The van der Waals surface area contributed by atoms with Gasteiger partial charge in [0.15, 0.2) is 0 Å². The summed E-state index contributed by atoms with van der Waals surface area (Å²) in [5.41, 5.74) is 2.28. The molecule has 2 atom stereocenters. The van der Waals surface area contributed by atoms with Crippen molar-refractivity contribution in [2.24, 2.45) is 5.41 Å². The monoisotopic (exact) mass is 571 g/mol. The molecule has 41 heavy (non-hydrogen) atoms. The van der Waals surface area contributed by atoms with Gasteiger partial charge in [0.2, 0.25) is 0 Å². The number of hydrogen-bond acceptors (Lipinski definition) is 4. The lowest BCUT2D eigenvalue weighted by molar-refractivity contribution is -0.274. The molecule has 0 N–H and O–H groups in total. The number of aromatic nitrogens is 1. The highest BCUT2D eigenvalue weighted by atomic mass is 19.4. The largest absolute Gasteiger partial charge is 0.573 e. The molecule has 1 aliphatic rings. The van der Waals surface area contributed by atoms with E-state index < -0.39 is 17.7 Å². The second kappa shape index (κ2) is 12.2. The first-order chi connectivity index (χ1) is 19.3. The number of halogens is 3. The Balaban J connectivity index is 1.70. The average Bonchev–Trinajstić information content (AvgIpc) is 3.40. The molecule has 0 saturated heterocycles. The van der Waals surface area contributed by atoms with Gasteiger partial charge in [-0.05, 0) is 75.4 Å². The highest BCUT2D eigenvalue weighted by molar-refractivity contribution is 5.89. The van der Waals surface area contributed by atoms with Gasteiger partial charge in [0, 0.05) is 34.5 Å². The van der Waals surface area contributed by atoms with Gasteiger partial charge in [-0.25, -0.2) is 4.79 Å². The number of benzene rings is 2. The lowest BCUT2D eigenvalue weighted by Gasteiger charge is -2.32. The van der Waals surface area contributed by atoms with Crippen LogP contribution in [0.15, 0.2) is 55.1 Å². The minimum absolute atomic E-state index is 0.0497. The molecule has 0 spiro atoms. The Labute approximate surface area is 240 Å². The molecule has 3 aromatic rings. The maximum atomic E-state index is 13.5. The van der Waals surface area contributed by atoms with E-state index in [1.807, 2.05) is 62.6 Å². The van der Waals surface area contributed by atoms with Gasteiger partial charge in [-0.15, -0.1) is 13.2 Å². The van der Waals surface area contributed by atoms with Gasteiger partial charge in [-0.3, -0.25) is 0 Å². The minimum Gasteiger partial charge on any atom is -0.490 e. The Hall–Kier alpha value is -3.42. The highest BCUT2D eigenvalue weighted by Crippen LogP contribution is 2.44. The van der Waals surface area contributed by atoms with Gasteiger partial charge in [0.25, 0.3) is 0 Å². The Bertz CT molecular complexity index is 1390. The predicted molar refractivity (Wildman–Crippen MR) is 155 cm³/mol. The third-order valence-electron chi connectivity index (χ3n) is 8.00. The number of aryl methyl sites for hydroxylation is 1. The third kappa shape index (κ3) is 6.91. The fourth-order valence-corrected chi connectivity index (χ4v) is 5.79. The van der Waals surface area contributed by atoms with Crippen molar-refractivity contribution in [1.29, 1.82) is 0 Å². The summed E-state index contributed by atoms with van der Waals surface area (Å²) in [5, 5.41) is 0.884. The van der Waals surface area contributed by atoms with Gasteiger partial charge in [-0.1, -0.05) is 46.3 Å². The number of carbonyl (C=O) groups is 1. The van der Waals surface area contributed by atoms with Crippen LogP contribution in [0.3, 0.4) is 0 Å². The molecule has 1 aromatic heterocycles. The summed E-state index contributed by atoms with van der Waals surface area (Å²) in [6, 6.07) is 12.7. The average molecular weight is 572 g/mol. The molecule has 1 aliphatic carbocycles. The van der Waals surface area contributed by atoms with Crippen molar-refractivity contribution in [2.45, 2.75) is 97.8 Å². The van der Waals surface area contributed by atoms with Gasteiger partial charge in [0.05, 0.1) is 11.2 Å². The number of hydrogen-bond donors (Lipinski definition) is 0. The van der Waals surface area contributed by atoms with Crippen LogP contribution in [0, 0.1) is 5.41 Å². The van der Waals surface area contributed by atoms with E-state index in [4.69, 9.17) is 9.47 Å². The van der Waals surface area contributed by atoms with Gasteiger partial charge < -0.3 is 18.8 Å². The van der Waals surface area contributed by atoms with Gasteiger partial charge >= 0.3 is 12.3 Å². The molecule has 4 rings (SSSR count). The Morgan fingerprint density at radius 1 is 1.10 bits per heavy atom. The normalized spacial score (nSPS) is 18.6. The van der Waals surface area contributed by atoms with E-state index in [0.29, 0.717) is 29.8 Å². The van der Waals surface area contributed by atoms with Gasteiger partial charge in [0.1, 0.15) is 23.7 Å². The zero-order valence-corrected chi connectivity index (χ0v) is 24.5. The van der Waals surface area contributed by atoms with Crippen LogP contribution in [-0.4, -0.2) is 29.1 Å². The standard InChI is InChI=1S/C33H40F3NO4/c1-7-9-10-11-22-12-15-25(28(18-22)41-33(34,35)36)27-19-23-13-14-24(20-26(23)37(27)21(3)4)39-29-16-17-30(32(29,5)6)40-31(38)8-2/h8,12-15,18-21,29-30H,2,7,9-11,16-17H2,1,3-6H3. The van der Waals surface area contributed by atoms with E-state index in [0.717, 1.165) is 42.1 Å². The van der Waals surface area contributed by atoms with E-state index in [1.165, 1.54) is 12.1 Å². The second-order valence-corrected chi connectivity index (χ2v) is 11.7. The first kappa shape index (κ1) is 30.5. The molecule has 0 amide bonds. The predicted octanol–water partition coefficient (Wildman–Crippen LogP) is 9.19. The van der Waals surface area contributed by atoms with Crippen molar-refractivity contribution >= 4 is 16.9 Å². The summed E-state index contributed by atoms with van der Waals surface area (Å²) in [7, 11) is 0. The van der Waals surface area contributed by atoms with Crippen LogP contribution in [0.5, 0.6) is 11.5 Å². The van der Waals surface area contributed by atoms with Crippen molar-refractivity contribution in [3.63, 3.8) is 0 Å². The molecular formula is C33H40F3NO4. The molecule has 8 heteroatoms. The summed E-state index contributed by atoms with van der Waals surface area (Å²) in [4.78, 5) is 11.8. The van der Waals surface area contributed by atoms with Gasteiger partial charge in [-0.2, -0.15) is 0 Å². The van der Waals surface area contributed by atoms with Crippen LogP contribution in [0.2, 0.25) is 0 Å². The molecule has 2 aromatic carbocycles.